The highest BCUT2D eigenvalue weighted by Gasteiger charge is 1.90. The molecule has 0 rings (SSSR count). The molecule has 0 aliphatic heterocycles. The maximum Gasteiger partial charge on any atom is 0.0701 e. The molecule has 0 unspecified atom stereocenters. The zero-order valence-electron chi connectivity index (χ0n) is 10.6. The van der Waals surface area contributed by atoms with E-state index in [1.165, 1.54) is 0 Å². The summed E-state index contributed by atoms with van der Waals surface area (Å²) in [5.41, 5.74) is 0. The van der Waals surface area contributed by atoms with E-state index in [9.17, 15) is 0 Å². The Bertz CT molecular complexity index is 112. The molecule has 0 aromatic heterocycles. The van der Waals surface area contributed by atoms with Gasteiger partial charge in [0.15, 0.2) is 0 Å². The van der Waals surface area contributed by atoms with Gasteiger partial charge in [-0.2, -0.15) is 0 Å². The summed E-state index contributed by atoms with van der Waals surface area (Å²) in [7, 11) is 1.70. The van der Waals surface area contributed by atoms with Crippen molar-refractivity contribution in [2.75, 3.05) is 66.3 Å². The lowest BCUT2D eigenvalue weighted by Gasteiger charge is -2.07. The number of likely N-dealkylation sites (N-methyl/N-ethyl adjacent to an activating group) is 1. The van der Waals surface area contributed by atoms with Crippen molar-refractivity contribution >= 4 is 0 Å². The molecule has 0 aliphatic rings. The van der Waals surface area contributed by atoms with Gasteiger partial charge in [-0.1, -0.05) is 6.92 Å². The van der Waals surface area contributed by atoms with E-state index in [0.29, 0.717) is 13.2 Å². The standard InChI is InChI=1S/C11H26N2O3/c1-3-12-5-8-15-10-11-16-9-6-13-4-7-14-2/h12-13H,3-11H2,1-2H3. The molecule has 5 heteroatoms. The molecule has 0 heterocycles. The predicted molar refractivity (Wildman–Crippen MR) is 64.9 cm³/mol. The molecular formula is C11H26N2O3. The monoisotopic (exact) mass is 234 g/mol. The topological polar surface area (TPSA) is 51.8 Å². The molecule has 0 spiro atoms. The van der Waals surface area contributed by atoms with E-state index in [1.54, 1.807) is 7.11 Å². The van der Waals surface area contributed by atoms with Crippen molar-refractivity contribution in [3.05, 3.63) is 0 Å². The summed E-state index contributed by atoms with van der Waals surface area (Å²) in [4.78, 5) is 0. The van der Waals surface area contributed by atoms with Crippen LogP contribution in [-0.4, -0.2) is 66.3 Å². The first-order valence-electron chi connectivity index (χ1n) is 5.97. The molecular weight excluding hydrogens is 208 g/mol. The third-order valence-electron chi connectivity index (χ3n) is 1.95. The molecule has 0 fully saturated rings. The summed E-state index contributed by atoms with van der Waals surface area (Å²) in [6.45, 7) is 9.28. The first kappa shape index (κ1) is 15.8. The molecule has 16 heavy (non-hydrogen) atoms. The number of methoxy groups -OCH3 is 1. The molecule has 0 saturated heterocycles. The Morgan fingerprint density at radius 1 is 0.750 bits per heavy atom. The van der Waals surface area contributed by atoms with Crippen molar-refractivity contribution in [3.8, 4) is 0 Å². The number of hydrogen-bond acceptors (Lipinski definition) is 5. The molecule has 0 radical (unpaired) electrons. The molecule has 0 aromatic carbocycles. The van der Waals surface area contributed by atoms with Gasteiger partial charge in [0, 0.05) is 26.7 Å². The first-order chi connectivity index (χ1) is 7.91. The molecule has 0 bridgehead atoms. The van der Waals surface area contributed by atoms with Crippen molar-refractivity contribution in [3.63, 3.8) is 0 Å². The van der Waals surface area contributed by atoms with Crippen LogP contribution in [0.4, 0.5) is 0 Å². The van der Waals surface area contributed by atoms with Gasteiger partial charge in [-0.15, -0.1) is 0 Å². The van der Waals surface area contributed by atoms with Crippen LogP contribution in [0.3, 0.4) is 0 Å². The summed E-state index contributed by atoms with van der Waals surface area (Å²) in [6.07, 6.45) is 0. The van der Waals surface area contributed by atoms with Gasteiger partial charge in [0.05, 0.1) is 33.0 Å². The Balaban J connectivity index is 2.83. The van der Waals surface area contributed by atoms with Crippen LogP contribution in [0.25, 0.3) is 0 Å². The second-order valence-electron chi connectivity index (χ2n) is 3.32. The van der Waals surface area contributed by atoms with Crippen LogP contribution in [0, 0.1) is 0 Å². The fraction of sp³-hybridized carbons (Fsp3) is 1.00. The lowest BCUT2D eigenvalue weighted by Crippen LogP contribution is -2.24. The molecule has 0 aliphatic carbocycles. The van der Waals surface area contributed by atoms with Gasteiger partial charge < -0.3 is 24.8 Å². The Kier molecular flexibility index (Phi) is 14.6. The molecule has 0 saturated carbocycles. The van der Waals surface area contributed by atoms with E-state index in [-0.39, 0.29) is 0 Å². The van der Waals surface area contributed by atoms with Gasteiger partial charge in [0.2, 0.25) is 0 Å². The van der Waals surface area contributed by atoms with Crippen LogP contribution in [0.5, 0.6) is 0 Å². The minimum Gasteiger partial charge on any atom is -0.383 e. The average Bonchev–Trinajstić information content (AvgIpc) is 2.31. The van der Waals surface area contributed by atoms with E-state index < -0.39 is 0 Å². The van der Waals surface area contributed by atoms with Crippen LogP contribution in [0.2, 0.25) is 0 Å². The summed E-state index contributed by atoms with van der Waals surface area (Å²) in [6, 6.07) is 0. The zero-order chi connectivity index (χ0) is 11.9. The Hall–Kier alpha value is -0.200. The number of ether oxygens (including phenoxy) is 3. The summed E-state index contributed by atoms with van der Waals surface area (Å²) in [5, 5.41) is 6.40. The van der Waals surface area contributed by atoms with E-state index in [4.69, 9.17) is 14.2 Å². The molecule has 2 N–H and O–H groups in total. The zero-order valence-corrected chi connectivity index (χ0v) is 10.6. The number of nitrogens with one attached hydrogen (secondary N) is 2. The molecule has 98 valence electrons. The van der Waals surface area contributed by atoms with Crippen LogP contribution in [0.15, 0.2) is 0 Å². The first-order valence-corrected chi connectivity index (χ1v) is 5.97. The van der Waals surface area contributed by atoms with Crippen molar-refractivity contribution in [1.82, 2.24) is 10.6 Å². The van der Waals surface area contributed by atoms with E-state index in [0.717, 1.165) is 46.0 Å². The SMILES string of the molecule is CCNCCOCCOCCNCCOC. The predicted octanol–water partition coefficient (Wildman–Crippen LogP) is -0.135. The fourth-order valence-corrected chi connectivity index (χ4v) is 1.09. The Morgan fingerprint density at radius 3 is 1.88 bits per heavy atom. The van der Waals surface area contributed by atoms with Crippen molar-refractivity contribution in [1.29, 1.82) is 0 Å². The second-order valence-corrected chi connectivity index (χ2v) is 3.32. The van der Waals surface area contributed by atoms with Crippen LogP contribution in [0.1, 0.15) is 6.92 Å². The van der Waals surface area contributed by atoms with Gasteiger partial charge in [0.1, 0.15) is 0 Å². The van der Waals surface area contributed by atoms with Gasteiger partial charge in [0.25, 0.3) is 0 Å². The normalized spacial score (nSPS) is 10.9. The molecule has 0 aromatic rings. The van der Waals surface area contributed by atoms with Crippen LogP contribution < -0.4 is 10.6 Å². The van der Waals surface area contributed by atoms with Gasteiger partial charge in [-0.25, -0.2) is 0 Å². The fourth-order valence-electron chi connectivity index (χ4n) is 1.09. The summed E-state index contributed by atoms with van der Waals surface area (Å²) in [5.74, 6) is 0. The second kappa shape index (κ2) is 14.8. The molecule has 5 nitrogen and oxygen atoms in total. The van der Waals surface area contributed by atoms with Crippen LogP contribution >= 0.6 is 0 Å². The van der Waals surface area contributed by atoms with Gasteiger partial charge in [-0.3, -0.25) is 0 Å². The maximum absolute atomic E-state index is 5.37. The van der Waals surface area contributed by atoms with Crippen LogP contribution in [-0.2, 0) is 14.2 Å². The van der Waals surface area contributed by atoms with Gasteiger partial charge in [-0.05, 0) is 6.54 Å². The van der Waals surface area contributed by atoms with E-state index in [1.807, 2.05) is 0 Å². The highest BCUT2D eigenvalue weighted by Crippen LogP contribution is 1.78. The van der Waals surface area contributed by atoms with Crippen molar-refractivity contribution in [2.24, 2.45) is 0 Å². The lowest BCUT2D eigenvalue weighted by atomic mass is 10.6. The average molecular weight is 234 g/mol. The highest BCUT2D eigenvalue weighted by molar-refractivity contribution is 4.44. The highest BCUT2D eigenvalue weighted by atomic mass is 16.5. The minimum atomic E-state index is 0.665. The quantitative estimate of drug-likeness (QED) is 0.435. The summed E-state index contributed by atoms with van der Waals surface area (Å²) < 4.78 is 15.6. The minimum absolute atomic E-state index is 0.665. The largest absolute Gasteiger partial charge is 0.383 e. The summed E-state index contributed by atoms with van der Waals surface area (Å²) >= 11 is 0. The molecule has 0 atom stereocenters. The third-order valence-corrected chi connectivity index (χ3v) is 1.95. The van der Waals surface area contributed by atoms with Crippen molar-refractivity contribution in [2.45, 2.75) is 6.92 Å². The Labute approximate surface area is 98.8 Å². The number of hydrogen-bond donors (Lipinski definition) is 2. The van der Waals surface area contributed by atoms with Gasteiger partial charge >= 0.3 is 0 Å². The number of rotatable bonds is 13. The third kappa shape index (κ3) is 13.8. The maximum atomic E-state index is 5.37. The van der Waals surface area contributed by atoms with E-state index in [2.05, 4.69) is 17.6 Å². The molecule has 0 amide bonds. The smallest absolute Gasteiger partial charge is 0.0701 e. The van der Waals surface area contributed by atoms with E-state index >= 15 is 0 Å². The lowest BCUT2D eigenvalue weighted by molar-refractivity contribution is 0.0496. The van der Waals surface area contributed by atoms with Crippen molar-refractivity contribution < 1.29 is 14.2 Å². The Morgan fingerprint density at radius 2 is 1.31 bits per heavy atom.